The Morgan fingerprint density at radius 1 is 1.33 bits per heavy atom. The van der Waals surface area contributed by atoms with E-state index in [-0.39, 0.29) is 11.6 Å². The summed E-state index contributed by atoms with van der Waals surface area (Å²) in [5, 5.41) is 11.5. The molecule has 0 N–H and O–H groups in total. The third-order valence-electron chi connectivity index (χ3n) is 3.65. The van der Waals surface area contributed by atoms with Crippen molar-refractivity contribution < 1.29 is 14.5 Å². The van der Waals surface area contributed by atoms with Crippen LogP contribution in [0.5, 0.6) is 5.75 Å². The zero-order valence-electron chi connectivity index (χ0n) is 14.0. The highest BCUT2D eigenvalue weighted by Crippen LogP contribution is 2.38. The lowest BCUT2D eigenvalue weighted by Crippen LogP contribution is -2.27. The topological polar surface area (TPSA) is 72.7 Å². The molecule has 0 bridgehead atoms. The molecule has 2 aromatic carbocycles. The first-order chi connectivity index (χ1) is 12.9. The van der Waals surface area contributed by atoms with Gasteiger partial charge in [-0.2, -0.15) is 0 Å². The molecule has 9 heteroatoms. The molecule has 1 saturated heterocycles. The monoisotopic (exact) mass is 420 g/mol. The van der Waals surface area contributed by atoms with Crippen LogP contribution in [0.4, 0.5) is 11.4 Å². The Hall–Kier alpha value is -2.42. The molecule has 0 aliphatic carbocycles. The highest BCUT2D eigenvalue weighted by atomic mass is 35.5. The molecule has 1 fully saturated rings. The molecular formula is C18H13ClN2O4S2. The van der Waals surface area contributed by atoms with Gasteiger partial charge in [-0.15, -0.1) is 0 Å². The van der Waals surface area contributed by atoms with Gasteiger partial charge in [-0.25, -0.2) is 0 Å². The van der Waals surface area contributed by atoms with E-state index < -0.39 is 4.92 Å². The zero-order chi connectivity index (χ0) is 19.6. The average molecular weight is 421 g/mol. The fourth-order valence-corrected chi connectivity index (χ4v) is 3.97. The third-order valence-corrected chi connectivity index (χ3v) is 5.19. The number of thiocarbonyl (C=S) groups is 1. The number of halogens is 1. The Morgan fingerprint density at radius 3 is 2.81 bits per heavy atom. The van der Waals surface area contributed by atoms with Crippen molar-refractivity contribution >= 4 is 63.3 Å². The Kier molecular flexibility index (Phi) is 5.79. The molecule has 0 radical (unpaired) electrons. The zero-order valence-corrected chi connectivity index (χ0v) is 16.4. The average Bonchev–Trinajstić information content (AvgIpc) is 2.91. The highest BCUT2D eigenvalue weighted by molar-refractivity contribution is 8.27. The van der Waals surface area contributed by atoms with Gasteiger partial charge in [-0.05, 0) is 37.3 Å². The van der Waals surface area contributed by atoms with Crippen LogP contribution >= 0.6 is 35.6 Å². The lowest BCUT2D eigenvalue weighted by molar-refractivity contribution is -0.384. The molecule has 0 atom stereocenters. The number of rotatable bonds is 5. The van der Waals surface area contributed by atoms with Gasteiger partial charge in [0, 0.05) is 22.7 Å². The number of carbonyl (C=O) groups is 1. The van der Waals surface area contributed by atoms with Crippen molar-refractivity contribution in [2.45, 2.75) is 6.92 Å². The van der Waals surface area contributed by atoms with E-state index in [2.05, 4.69) is 0 Å². The molecule has 2 aromatic rings. The lowest BCUT2D eigenvalue weighted by atomic mass is 10.1. The van der Waals surface area contributed by atoms with Crippen LogP contribution in [-0.4, -0.2) is 21.8 Å². The number of carbonyl (C=O) groups excluding carboxylic acids is 1. The number of anilines is 1. The molecule has 0 unspecified atom stereocenters. The van der Waals surface area contributed by atoms with Gasteiger partial charge < -0.3 is 4.74 Å². The standard InChI is InChI=1S/C18H13ClN2O4S2/c1-2-25-15-7-6-12(19)8-11(15)9-16-17(22)20(18(26)27-16)13-4-3-5-14(10-13)21(23)24/h3-10H,2H2,1H3/b16-9-. The molecule has 138 valence electrons. The van der Waals surface area contributed by atoms with Gasteiger partial charge in [-0.3, -0.25) is 19.8 Å². The fourth-order valence-electron chi connectivity index (χ4n) is 2.50. The van der Waals surface area contributed by atoms with Crippen molar-refractivity contribution in [2.24, 2.45) is 0 Å². The molecule has 1 aliphatic rings. The van der Waals surface area contributed by atoms with Crippen LogP contribution in [0.15, 0.2) is 47.4 Å². The third kappa shape index (κ3) is 4.13. The Morgan fingerprint density at radius 2 is 2.11 bits per heavy atom. The van der Waals surface area contributed by atoms with Crippen LogP contribution in [0.25, 0.3) is 6.08 Å². The van der Waals surface area contributed by atoms with E-state index in [0.29, 0.717) is 37.9 Å². The molecular weight excluding hydrogens is 408 g/mol. The fraction of sp³-hybridized carbons (Fsp3) is 0.111. The summed E-state index contributed by atoms with van der Waals surface area (Å²) in [5.74, 6) is 0.246. The van der Waals surface area contributed by atoms with E-state index in [0.717, 1.165) is 11.8 Å². The molecule has 0 saturated carbocycles. The van der Waals surface area contributed by atoms with Crippen molar-refractivity contribution in [1.82, 2.24) is 0 Å². The number of nitro benzene ring substituents is 1. The maximum Gasteiger partial charge on any atom is 0.271 e. The normalized spacial score (nSPS) is 15.5. The van der Waals surface area contributed by atoms with Gasteiger partial charge in [0.2, 0.25) is 0 Å². The second kappa shape index (κ2) is 8.08. The first kappa shape index (κ1) is 19.3. The second-order valence-corrected chi connectivity index (χ2v) is 7.52. The van der Waals surface area contributed by atoms with E-state index in [1.165, 1.54) is 23.1 Å². The van der Waals surface area contributed by atoms with E-state index >= 15 is 0 Å². The first-order valence-corrected chi connectivity index (χ1v) is 9.45. The number of ether oxygens (including phenoxy) is 1. The Bertz CT molecular complexity index is 978. The van der Waals surface area contributed by atoms with Crippen molar-refractivity contribution in [3.05, 3.63) is 68.1 Å². The van der Waals surface area contributed by atoms with Crippen molar-refractivity contribution in [3.63, 3.8) is 0 Å². The van der Waals surface area contributed by atoms with Gasteiger partial charge in [0.1, 0.15) is 5.75 Å². The number of thioether (sulfide) groups is 1. The molecule has 6 nitrogen and oxygen atoms in total. The highest BCUT2D eigenvalue weighted by Gasteiger charge is 2.34. The van der Waals surface area contributed by atoms with Gasteiger partial charge in [0.15, 0.2) is 4.32 Å². The minimum absolute atomic E-state index is 0.112. The van der Waals surface area contributed by atoms with Gasteiger partial charge in [0.25, 0.3) is 11.6 Å². The summed E-state index contributed by atoms with van der Waals surface area (Å²) in [7, 11) is 0. The lowest BCUT2D eigenvalue weighted by Gasteiger charge is -2.14. The van der Waals surface area contributed by atoms with Crippen LogP contribution < -0.4 is 9.64 Å². The van der Waals surface area contributed by atoms with Crippen LogP contribution in [0.3, 0.4) is 0 Å². The minimum Gasteiger partial charge on any atom is -0.493 e. The van der Waals surface area contributed by atoms with Crippen LogP contribution in [0, 0.1) is 10.1 Å². The van der Waals surface area contributed by atoms with Crippen LogP contribution in [0.1, 0.15) is 12.5 Å². The molecule has 3 rings (SSSR count). The van der Waals surface area contributed by atoms with Crippen molar-refractivity contribution in [1.29, 1.82) is 0 Å². The summed E-state index contributed by atoms with van der Waals surface area (Å²) < 4.78 is 5.87. The number of amides is 1. The summed E-state index contributed by atoms with van der Waals surface area (Å²) in [6.45, 7) is 2.33. The molecule has 27 heavy (non-hydrogen) atoms. The number of nitrogens with zero attached hydrogens (tertiary/aromatic N) is 2. The maximum atomic E-state index is 12.9. The Balaban J connectivity index is 1.97. The van der Waals surface area contributed by atoms with Crippen LogP contribution in [0.2, 0.25) is 5.02 Å². The molecule has 1 aliphatic heterocycles. The number of non-ortho nitro benzene ring substituents is 1. The van der Waals surface area contributed by atoms with Gasteiger partial charge in [-0.1, -0.05) is 41.6 Å². The van der Waals surface area contributed by atoms with Gasteiger partial charge in [0.05, 0.1) is 22.1 Å². The summed E-state index contributed by atoms with van der Waals surface area (Å²) in [6.07, 6.45) is 1.66. The number of hydrogen-bond donors (Lipinski definition) is 0. The predicted octanol–water partition coefficient (Wildman–Crippen LogP) is 5.05. The Labute approximate surface area is 169 Å². The van der Waals surface area contributed by atoms with E-state index in [9.17, 15) is 14.9 Å². The second-order valence-electron chi connectivity index (χ2n) is 5.41. The molecule has 0 aromatic heterocycles. The molecule has 0 spiro atoms. The summed E-state index contributed by atoms with van der Waals surface area (Å²) in [4.78, 5) is 25.0. The summed E-state index contributed by atoms with van der Waals surface area (Å²) in [6, 6.07) is 10.9. The number of nitro groups is 1. The summed E-state index contributed by atoms with van der Waals surface area (Å²) >= 11 is 12.5. The maximum absolute atomic E-state index is 12.9. The predicted molar refractivity (Wildman–Crippen MR) is 111 cm³/mol. The number of hydrogen-bond acceptors (Lipinski definition) is 6. The van der Waals surface area contributed by atoms with E-state index in [1.54, 1.807) is 30.3 Å². The molecule has 1 heterocycles. The number of benzene rings is 2. The first-order valence-electron chi connectivity index (χ1n) is 7.85. The quantitative estimate of drug-likeness (QED) is 0.291. The van der Waals surface area contributed by atoms with Gasteiger partial charge >= 0.3 is 0 Å². The van der Waals surface area contributed by atoms with Crippen molar-refractivity contribution in [2.75, 3.05) is 11.5 Å². The van der Waals surface area contributed by atoms with E-state index in [4.69, 9.17) is 28.6 Å². The molecule has 1 amide bonds. The smallest absolute Gasteiger partial charge is 0.271 e. The summed E-state index contributed by atoms with van der Waals surface area (Å²) in [5.41, 5.74) is 0.897. The SMILES string of the molecule is CCOc1ccc(Cl)cc1/C=C1\SC(=S)N(c2cccc([N+](=O)[O-])c2)C1=O. The largest absolute Gasteiger partial charge is 0.493 e. The minimum atomic E-state index is -0.517. The van der Waals surface area contributed by atoms with E-state index in [1.807, 2.05) is 6.92 Å². The van der Waals surface area contributed by atoms with Crippen LogP contribution in [-0.2, 0) is 4.79 Å². The van der Waals surface area contributed by atoms with Crippen molar-refractivity contribution in [3.8, 4) is 5.75 Å².